The Hall–Kier alpha value is -3.59. The van der Waals surface area contributed by atoms with Crippen LogP contribution in [0.5, 0.6) is 0 Å². The summed E-state index contributed by atoms with van der Waals surface area (Å²) in [5, 5.41) is 0. The highest BCUT2D eigenvalue weighted by molar-refractivity contribution is 7.91. The number of aryl methyl sites for hydroxylation is 2. The Balaban J connectivity index is 1.63. The molecule has 0 aliphatic heterocycles. The summed E-state index contributed by atoms with van der Waals surface area (Å²) >= 11 is 0. The van der Waals surface area contributed by atoms with Crippen LogP contribution in [-0.4, -0.2) is 8.42 Å². The second-order valence-corrected chi connectivity index (χ2v) is 10.6. The van der Waals surface area contributed by atoms with Crippen LogP contribution in [0.2, 0.25) is 0 Å². The fourth-order valence-electron chi connectivity index (χ4n) is 4.07. The Bertz CT molecular complexity index is 1440. The average Bonchev–Trinajstić information content (AvgIpc) is 2.83. The third-order valence-corrected chi connectivity index (χ3v) is 7.81. The molecule has 37 heavy (non-hydrogen) atoms. The first-order valence-electron chi connectivity index (χ1n) is 11.0. The zero-order valence-corrected chi connectivity index (χ0v) is 20.4. The molecule has 0 fully saturated rings. The molecule has 2 nitrogen and oxygen atoms in total. The van der Waals surface area contributed by atoms with Crippen LogP contribution in [0.15, 0.2) is 94.7 Å². The minimum Gasteiger partial charge on any atom is -0.219 e. The molecule has 4 rings (SSSR count). The Morgan fingerprint density at radius 3 is 1.11 bits per heavy atom. The Kier molecular flexibility index (Phi) is 6.71. The summed E-state index contributed by atoms with van der Waals surface area (Å²) < 4.78 is 104. The monoisotopic (exact) mass is 534 g/mol. The van der Waals surface area contributed by atoms with E-state index in [-0.39, 0.29) is 9.79 Å². The lowest BCUT2D eigenvalue weighted by Gasteiger charge is -2.13. The molecule has 0 aliphatic rings. The molecule has 0 heterocycles. The van der Waals surface area contributed by atoms with E-state index in [4.69, 9.17) is 0 Å². The first kappa shape index (κ1) is 26.5. The van der Waals surface area contributed by atoms with Crippen molar-refractivity contribution >= 4 is 9.84 Å². The maximum atomic E-state index is 13.3. The highest BCUT2D eigenvalue weighted by atomic mass is 32.2. The highest BCUT2D eigenvalue weighted by Gasteiger charge is 2.31. The largest absolute Gasteiger partial charge is 0.416 e. The Morgan fingerprint density at radius 2 is 0.838 bits per heavy atom. The summed E-state index contributed by atoms with van der Waals surface area (Å²) in [6.07, 6.45) is -8.91. The van der Waals surface area contributed by atoms with Crippen LogP contribution < -0.4 is 0 Å². The molecule has 0 aliphatic carbocycles. The summed E-state index contributed by atoms with van der Waals surface area (Å²) in [5.41, 5.74) is 1.82. The smallest absolute Gasteiger partial charge is 0.219 e. The zero-order valence-electron chi connectivity index (χ0n) is 19.6. The molecule has 0 spiro atoms. The highest BCUT2D eigenvalue weighted by Crippen LogP contribution is 2.35. The first-order chi connectivity index (χ1) is 17.2. The van der Waals surface area contributed by atoms with Gasteiger partial charge in [-0.05, 0) is 95.8 Å². The van der Waals surface area contributed by atoms with Gasteiger partial charge < -0.3 is 0 Å². The second-order valence-electron chi connectivity index (χ2n) is 8.61. The van der Waals surface area contributed by atoms with Gasteiger partial charge >= 0.3 is 12.4 Å². The van der Waals surface area contributed by atoms with Crippen LogP contribution >= 0.6 is 0 Å². The van der Waals surface area contributed by atoms with Gasteiger partial charge in [0.2, 0.25) is 9.84 Å². The van der Waals surface area contributed by atoms with Gasteiger partial charge in [0, 0.05) is 0 Å². The van der Waals surface area contributed by atoms with Gasteiger partial charge in [-0.3, -0.25) is 0 Å². The van der Waals surface area contributed by atoms with Crippen molar-refractivity contribution in [2.75, 3.05) is 0 Å². The van der Waals surface area contributed by atoms with Crippen LogP contribution in [0.25, 0.3) is 22.3 Å². The predicted molar refractivity (Wildman–Crippen MR) is 129 cm³/mol. The molecule has 0 saturated heterocycles. The van der Waals surface area contributed by atoms with Gasteiger partial charge in [0.05, 0.1) is 20.9 Å². The van der Waals surface area contributed by atoms with E-state index in [1.54, 1.807) is 26.0 Å². The molecule has 0 saturated carbocycles. The van der Waals surface area contributed by atoms with Crippen molar-refractivity contribution in [2.24, 2.45) is 0 Å². The molecule has 0 N–H and O–H groups in total. The van der Waals surface area contributed by atoms with Crippen molar-refractivity contribution < 1.29 is 34.8 Å². The number of hydrogen-bond donors (Lipinski definition) is 0. The predicted octanol–water partition coefficient (Wildman–Crippen LogP) is 8.51. The molecule has 9 heteroatoms. The average molecular weight is 535 g/mol. The maximum Gasteiger partial charge on any atom is 0.416 e. The van der Waals surface area contributed by atoms with Crippen molar-refractivity contribution in [2.45, 2.75) is 36.0 Å². The molecule has 0 aromatic heterocycles. The van der Waals surface area contributed by atoms with Gasteiger partial charge in [-0.2, -0.15) is 26.3 Å². The van der Waals surface area contributed by atoms with Gasteiger partial charge in [-0.1, -0.05) is 36.4 Å². The van der Waals surface area contributed by atoms with E-state index in [1.165, 1.54) is 48.5 Å². The number of rotatable bonds is 4. The normalized spacial score (nSPS) is 12.5. The van der Waals surface area contributed by atoms with Gasteiger partial charge in [0.25, 0.3) is 0 Å². The number of hydrogen-bond acceptors (Lipinski definition) is 2. The topological polar surface area (TPSA) is 34.1 Å². The SMILES string of the molecule is Cc1cc(S(=O)(=O)c2ccc(-c3ccc(C(F)(F)F)cc3)c(C)c2)ccc1-c1ccc(C(F)(F)F)cc1. The molecule has 0 amide bonds. The molecule has 4 aromatic carbocycles. The summed E-state index contributed by atoms with van der Waals surface area (Å²) in [4.78, 5) is 0.0321. The van der Waals surface area contributed by atoms with Crippen molar-refractivity contribution in [3.8, 4) is 22.3 Å². The van der Waals surface area contributed by atoms with Crippen molar-refractivity contribution in [1.29, 1.82) is 0 Å². The molecule has 4 aromatic rings. The fourth-order valence-corrected chi connectivity index (χ4v) is 5.50. The molecule has 192 valence electrons. The number of alkyl halides is 6. The van der Waals surface area contributed by atoms with E-state index >= 15 is 0 Å². The van der Waals surface area contributed by atoms with Crippen molar-refractivity contribution in [3.05, 3.63) is 107 Å². The molecular formula is C28H20F6O2S. The van der Waals surface area contributed by atoms with E-state index in [1.807, 2.05) is 0 Å². The summed E-state index contributed by atoms with van der Waals surface area (Å²) in [5.74, 6) is 0. The van der Waals surface area contributed by atoms with E-state index in [2.05, 4.69) is 0 Å². The minimum atomic E-state index is -4.45. The first-order valence-corrected chi connectivity index (χ1v) is 12.5. The van der Waals surface area contributed by atoms with Crippen LogP contribution in [0.4, 0.5) is 26.3 Å². The standard InChI is InChI=1S/C28H20F6O2S/c1-17-15-23(11-13-25(17)19-3-7-21(8-4-19)27(29,30)31)37(35,36)24-12-14-26(18(2)16-24)20-5-9-22(10-6-20)28(32,33)34/h3-16H,1-2H3. The van der Waals surface area contributed by atoms with Gasteiger partial charge in [-0.25, -0.2) is 8.42 Å². The van der Waals surface area contributed by atoms with E-state index in [9.17, 15) is 34.8 Å². The summed E-state index contributed by atoms with van der Waals surface area (Å²) in [6.45, 7) is 3.34. The number of halogens is 6. The molecule has 0 radical (unpaired) electrons. The van der Waals surface area contributed by atoms with Crippen molar-refractivity contribution in [1.82, 2.24) is 0 Å². The molecular weight excluding hydrogens is 514 g/mol. The summed E-state index contributed by atoms with van der Waals surface area (Å²) in [7, 11) is -3.93. The van der Waals surface area contributed by atoms with Crippen LogP contribution in [-0.2, 0) is 22.2 Å². The number of benzene rings is 4. The van der Waals surface area contributed by atoms with Crippen LogP contribution in [0.3, 0.4) is 0 Å². The fraction of sp³-hybridized carbons (Fsp3) is 0.143. The molecule has 0 bridgehead atoms. The van der Waals surface area contributed by atoms with E-state index in [0.29, 0.717) is 33.4 Å². The molecule has 0 atom stereocenters. The molecule has 0 unspecified atom stereocenters. The zero-order chi connectivity index (χ0) is 27.2. The van der Waals surface area contributed by atoms with Gasteiger partial charge in [-0.15, -0.1) is 0 Å². The Morgan fingerprint density at radius 1 is 0.514 bits per heavy atom. The van der Waals surface area contributed by atoms with Gasteiger partial charge in [0.1, 0.15) is 0 Å². The lowest BCUT2D eigenvalue weighted by atomic mass is 9.99. The van der Waals surface area contributed by atoms with E-state index < -0.39 is 33.3 Å². The van der Waals surface area contributed by atoms with Crippen molar-refractivity contribution in [3.63, 3.8) is 0 Å². The second kappa shape index (κ2) is 9.37. The minimum absolute atomic E-state index is 0.0161. The summed E-state index contributed by atoms with van der Waals surface area (Å²) in [6, 6.07) is 18.0. The van der Waals surface area contributed by atoms with Crippen LogP contribution in [0, 0.1) is 13.8 Å². The quantitative estimate of drug-likeness (QED) is 0.246. The number of sulfone groups is 1. The third-order valence-electron chi connectivity index (χ3n) is 6.06. The van der Waals surface area contributed by atoms with Crippen LogP contribution in [0.1, 0.15) is 22.3 Å². The Labute approximate surface area is 210 Å². The van der Waals surface area contributed by atoms with E-state index in [0.717, 1.165) is 24.3 Å². The third kappa shape index (κ3) is 5.41. The van der Waals surface area contributed by atoms with Gasteiger partial charge in [0.15, 0.2) is 0 Å². The lowest BCUT2D eigenvalue weighted by molar-refractivity contribution is -0.138. The maximum absolute atomic E-state index is 13.3. The lowest BCUT2D eigenvalue weighted by Crippen LogP contribution is -2.05.